The van der Waals surface area contributed by atoms with Crippen LogP contribution in [-0.4, -0.2) is 29.8 Å². The molecule has 3 rings (SSSR count). The van der Waals surface area contributed by atoms with E-state index in [4.69, 9.17) is 0 Å². The highest BCUT2D eigenvalue weighted by atomic mass is 16.1. The summed E-state index contributed by atoms with van der Waals surface area (Å²) in [4.78, 5) is 13.8. The second-order valence-corrected chi connectivity index (χ2v) is 5.15. The lowest BCUT2D eigenvalue weighted by atomic mass is 9.84. The number of likely N-dealkylation sites (tertiary alicyclic amines) is 1. The van der Waals surface area contributed by atoms with Gasteiger partial charge in [-0.15, -0.1) is 0 Å². The second-order valence-electron chi connectivity index (χ2n) is 5.15. The normalized spacial score (nSPS) is 26.8. The third kappa shape index (κ3) is 2.14. The number of carbonyl (C=O) groups excluding carboxylic acids is 1. The molecule has 1 atom stereocenters. The van der Waals surface area contributed by atoms with Crippen LogP contribution in [0.15, 0.2) is 24.3 Å². The SMILES string of the molecule is O=C1CCC1N1CCC(c2[c]cccc2)CC1. The molecule has 1 aromatic carbocycles. The number of hydrogen-bond acceptors (Lipinski definition) is 2. The van der Waals surface area contributed by atoms with E-state index in [-0.39, 0.29) is 6.04 Å². The molecular formula is C15H18NO. The van der Waals surface area contributed by atoms with E-state index < -0.39 is 0 Å². The monoisotopic (exact) mass is 228 g/mol. The highest BCUT2D eigenvalue weighted by molar-refractivity contribution is 5.89. The molecule has 1 aromatic rings. The first-order valence-electron chi connectivity index (χ1n) is 6.58. The van der Waals surface area contributed by atoms with E-state index in [1.54, 1.807) is 0 Å². The minimum absolute atomic E-state index is 0.260. The van der Waals surface area contributed by atoms with Gasteiger partial charge in [-0.05, 0) is 49.9 Å². The van der Waals surface area contributed by atoms with Crippen molar-refractivity contribution in [3.63, 3.8) is 0 Å². The lowest BCUT2D eigenvalue weighted by Gasteiger charge is -2.40. The maximum absolute atomic E-state index is 11.4. The Morgan fingerprint density at radius 1 is 1.18 bits per heavy atom. The standard InChI is InChI=1S/C15H18NO/c17-15-7-6-14(15)16-10-8-13(9-11-16)12-4-2-1-3-5-12/h1-4,13-14H,6-11H2. The zero-order valence-electron chi connectivity index (χ0n) is 10.1. The van der Waals surface area contributed by atoms with Gasteiger partial charge >= 0.3 is 0 Å². The average Bonchev–Trinajstić information content (AvgIpc) is 2.39. The molecule has 1 unspecified atom stereocenters. The van der Waals surface area contributed by atoms with Crippen LogP contribution in [0.4, 0.5) is 0 Å². The van der Waals surface area contributed by atoms with Crippen molar-refractivity contribution in [3.05, 3.63) is 35.9 Å². The van der Waals surface area contributed by atoms with Gasteiger partial charge in [0.25, 0.3) is 0 Å². The topological polar surface area (TPSA) is 20.3 Å². The van der Waals surface area contributed by atoms with Crippen LogP contribution in [0, 0.1) is 6.07 Å². The number of hydrogen-bond donors (Lipinski definition) is 0. The van der Waals surface area contributed by atoms with Gasteiger partial charge in [0.05, 0.1) is 6.04 Å². The highest BCUT2D eigenvalue weighted by Gasteiger charge is 2.35. The zero-order valence-corrected chi connectivity index (χ0v) is 10.1. The van der Waals surface area contributed by atoms with Crippen molar-refractivity contribution in [2.75, 3.05) is 13.1 Å². The molecule has 2 aliphatic rings. The number of piperidine rings is 1. The van der Waals surface area contributed by atoms with Crippen LogP contribution in [-0.2, 0) is 4.79 Å². The summed E-state index contributed by atoms with van der Waals surface area (Å²) in [5.41, 5.74) is 1.34. The molecule has 0 spiro atoms. The first-order valence-corrected chi connectivity index (χ1v) is 6.58. The first kappa shape index (κ1) is 11.0. The minimum Gasteiger partial charge on any atom is -0.298 e. The Hall–Kier alpha value is -1.15. The molecule has 1 radical (unpaired) electrons. The number of carbonyl (C=O) groups is 1. The molecule has 0 bridgehead atoms. The largest absolute Gasteiger partial charge is 0.298 e. The molecule has 0 aromatic heterocycles. The van der Waals surface area contributed by atoms with E-state index in [1.165, 1.54) is 18.4 Å². The summed E-state index contributed by atoms with van der Waals surface area (Å²) < 4.78 is 0. The molecule has 1 heterocycles. The van der Waals surface area contributed by atoms with Gasteiger partial charge < -0.3 is 0 Å². The van der Waals surface area contributed by atoms with Crippen molar-refractivity contribution in [2.24, 2.45) is 0 Å². The van der Waals surface area contributed by atoms with Crippen LogP contribution in [0.1, 0.15) is 37.2 Å². The van der Waals surface area contributed by atoms with Gasteiger partial charge in [-0.3, -0.25) is 9.69 Å². The van der Waals surface area contributed by atoms with E-state index >= 15 is 0 Å². The van der Waals surface area contributed by atoms with Gasteiger partial charge in [0.1, 0.15) is 5.78 Å². The molecule has 2 fully saturated rings. The Morgan fingerprint density at radius 3 is 2.53 bits per heavy atom. The summed E-state index contributed by atoms with van der Waals surface area (Å²) in [5, 5.41) is 0. The predicted molar refractivity (Wildman–Crippen MR) is 66.9 cm³/mol. The summed E-state index contributed by atoms with van der Waals surface area (Å²) in [6.07, 6.45) is 4.23. The van der Waals surface area contributed by atoms with Crippen LogP contribution in [0.2, 0.25) is 0 Å². The Bertz CT molecular complexity index is 393. The van der Waals surface area contributed by atoms with E-state index in [1.807, 2.05) is 12.1 Å². The van der Waals surface area contributed by atoms with Gasteiger partial charge in [0, 0.05) is 6.42 Å². The predicted octanol–water partition coefficient (Wildman–Crippen LogP) is 2.40. The van der Waals surface area contributed by atoms with Crippen LogP contribution in [0.5, 0.6) is 0 Å². The maximum Gasteiger partial charge on any atom is 0.150 e. The quantitative estimate of drug-likeness (QED) is 0.774. The van der Waals surface area contributed by atoms with Gasteiger partial charge in [-0.25, -0.2) is 0 Å². The van der Waals surface area contributed by atoms with Gasteiger partial charge in [-0.1, -0.05) is 24.3 Å². The summed E-state index contributed by atoms with van der Waals surface area (Å²) >= 11 is 0. The maximum atomic E-state index is 11.4. The lowest BCUT2D eigenvalue weighted by Crippen LogP contribution is -2.50. The molecule has 0 amide bonds. The van der Waals surface area contributed by atoms with Crippen LogP contribution < -0.4 is 0 Å². The summed E-state index contributed by atoms with van der Waals surface area (Å²) in [6, 6.07) is 11.9. The van der Waals surface area contributed by atoms with E-state index in [9.17, 15) is 4.79 Å². The fraction of sp³-hybridized carbons (Fsp3) is 0.533. The van der Waals surface area contributed by atoms with E-state index in [0.29, 0.717) is 11.7 Å². The average molecular weight is 228 g/mol. The number of ketones is 1. The molecule has 2 heteroatoms. The molecule has 1 saturated carbocycles. The third-order valence-corrected chi connectivity index (χ3v) is 4.18. The molecule has 1 saturated heterocycles. The van der Waals surface area contributed by atoms with Crippen LogP contribution >= 0.6 is 0 Å². The number of benzene rings is 1. The first-order chi connectivity index (χ1) is 8.34. The van der Waals surface area contributed by atoms with Crippen molar-refractivity contribution in [2.45, 2.75) is 37.6 Å². The Morgan fingerprint density at radius 2 is 2.00 bits per heavy atom. The van der Waals surface area contributed by atoms with Crippen molar-refractivity contribution in [1.29, 1.82) is 0 Å². The van der Waals surface area contributed by atoms with Gasteiger partial charge in [0.15, 0.2) is 0 Å². The number of rotatable bonds is 2. The fourth-order valence-electron chi connectivity index (χ4n) is 2.96. The molecule has 0 N–H and O–H groups in total. The van der Waals surface area contributed by atoms with E-state index in [2.05, 4.69) is 23.1 Å². The smallest absolute Gasteiger partial charge is 0.150 e. The van der Waals surface area contributed by atoms with Crippen LogP contribution in [0.25, 0.3) is 0 Å². The second kappa shape index (κ2) is 4.61. The Kier molecular flexibility index (Phi) is 2.98. The van der Waals surface area contributed by atoms with Gasteiger partial charge in [0.2, 0.25) is 0 Å². The molecule has 89 valence electrons. The summed E-state index contributed by atoms with van der Waals surface area (Å²) in [7, 11) is 0. The van der Waals surface area contributed by atoms with Crippen LogP contribution in [0.3, 0.4) is 0 Å². The number of nitrogens with zero attached hydrogens (tertiary/aromatic N) is 1. The lowest BCUT2D eigenvalue weighted by molar-refractivity contribution is -0.131. The molecule has 17 heavy (non-hydrogen) atoms. The Balaban J connectivity index is 1.59. The van der Waals surface area contributed by atoms with Gasteiger partial charge in [-0.2, -0.15) is 0 Å². The van der Waals surface area contributed by atoms with Crippen molar-refractivity contribution < 1.29 is 4.79 Å². The minimum atomic E-state index is 0.260. The third-order valence-electron chi connectivity index (χ3n) is 4.18. The molecule has 2 nitrogen and oxygen atoms in total. The summed E-state index contributed by atoms with van der Waals surface area (Å²) in [5.74, 6) is 1.09. The van der Waals surface area contributed by atoms with Crippen molar-refractivity contribution >= 4 is 5.78 Å². The Labute approximate surface area is 103 Å². The van der Waals surface area contributed by atoms with Crippen molar-refractivity contribution in [3.8, 4) is 0 Å². The highest BCUT2D eigenvalue weighted by Crippen LogP contribution is 2.31. The molecular weight excluding hydrogens is 210 g/mol. The number of Topliss-reactive ketones (excluding diaryl/α,β-unsaturated/α-hetero) is 1. The fourth-order valence-corrected chi connectivity index (χ4v) is 2.96. The zero-order chi connectivity index (χ0) is 11.7. The molecule has 1 aliphatic heterocycles. The summed E-state index contributed by atoms with van der Waals surface area (Å²) in [6.45, 7) is 2.15. The van der Waals surface area contributed by atoms with Crippen molar-refractivity contribution in [1.82, 2.24) is 4.90 Å². The molecule has 1 aliphatic carbocycles. The van der Waals surface area contributed by atoms with E-state index in [0.717, 1.165) is 25.9 Å².